The Bertz CT molecular complexity index is 327. The fourth-order valence-electron chi connectivity index (χ4n) is 1.86. The highest BCUT2D eigenvalue weighted by Crippen LogP contribution is 2.12. The number of hydrogen-bond acceptors (Lipinski definition) is 3. The van der Waals surface area contributed by atoms with Crippen molar-refractivity contribution < 1.29 is 9.84 Å². The first kappa shape index (κ1) is 16.2. The van der Waals surface area contributed by atoms with Crippen LogP contribution in [0.25, 0.3) is 0 Å². The van der Waals surface area contributed by atoms with Crippen molar-refractivity contribution in [3.05, 3.63) is 35.9 Å². The Morgan fingerprint density at radius 1 is 1.05 bits per heavy atom. The lowest BCUT2D eigenvalue weighted by molar-refractivity contribution is 0.0261. The van der Waals surface area contributed by atoms with Crippen LogP contribution in [0.4, 0.5) is 0 Å². The summed E-state index contributed by atoms with van der Waals surface area (Å²) >= 11 is 0. The van der Waals surface area contributed by atoms with Crippen LogP contribution in [-0.2, 0) is 4.74 Å². The Hall–Kier alpha value is -0.900. The zero-order valence-electron chi connectivity index (χ0n) is 12.3. The lowest BCUT2D eigenvalue weighted by Crippen LogP contribution is -2.32. The fourth-order valence-corrected chi connectivity index (χ4v) is 1.86. The Kier molecular flexibility index (Phi) is 7.72. The normalized spacial score (nSPS) is 14.6. The molecule has 19 heavy (non-hydrogen) atoms. The van der Waals surface area contributed by atoms with Gasteiger partial charge < -0.3 is 15.2 Å². The van der Waals surface area contributed by atoms with Gasteiger partial charge in [0.1, 0.15) is 0 Å². The molecule has 0 aliphatic rings. The van der Waals surface area contributed by atoms with Crippen LogP contribution in [0.5, 0.6) is 0 Å². The number of aliphatic hydroxyl groups is 1. The maximum absolute atomic E-state index is 9.76. The van der Waals surface area contributed by atoms with Gasteiger partial charge in [-0.25, -0.2) is 0 Å². The topological polar surface area (TPSA) is 41.5 Å². The summed E-state index contributed by atoms with van der Waals surface area (Å²) in [6, 6.07) is 10.4. The van der Waals surface area contributed by atoms with Crippen molar-refractivity contribution in [1.29, 1.82) is 0 Å². The SMILES string of the molecule is CC(C)COCC(O)CNCC(C)c1ccccc1. The number of benzene rings is 1. The van der Waals surface area contributed by atoms with E-state index in [0.717, 1.165) is 6.54 Å². The molecule has 1 aromatic carbocycles. The second-order valence-corrected chi connectivity index (χ2v) is 5.56. The van der Waals surface area contributed by atoms with Crippen molar-refractivity contribution in [2.45, 2.75) is 32.8 Å². The zero-order valence-corrected chi connectivity index (χ0v) is 12.3. The van der Waals surface area contributed by atoms with E-state index in [-0.39, 0.29) is 0 Å². The van der Waals surface area contributed by atoms with Crippen LogP contribution in [0.3, 0.4) is 0 Å². The maximum atomic E-state index is 9.76. The molecule has 1 rings (SSSR count). The lowest BCUT2D eigenvalue weighted by atomic mass is 10.0. The van der Waals surface area contributed by atoms with Crippen LogP contribution in [0.2, 0.25) is 0 Å². The van der Waals surface area contributed by atoms with Gasteiger partial charge in [-0.1, -0.05) is 51.1 Å². The Balaban J connectivity index is 2.12. The highest BCUT2D eigenvalue weighted by atomic mass is 16.5. The molecule has 2 unspecified atom stereocenters. The van der Waals surface area contributed by atoms with Crippen LogP contribution in [0, 0.1) is 5.92 Å². The summed E-state index contributed by atoms with van der Waals surface area (Å²) < 4.78 is 5.41. The van der Waals surface area contributed by atoms with Crippen molar-refractivity contribution >= 4 is 0 Å². The van der Waals surface area contributed by atoms with Crippen molar-refractivity contribution in [3.63, 3.8) is 0 Å². The average molecular weight is 265 g/mol. The molecule has 0 saturated carbocycles. The molecule has 0 aromatic heterocycles. The smallest absolute Gasteiger partial charge is 0.0897 e. The predicted octanol–water partition coefficient (Wildman–Crippen LogP) is 2.41. The predicted molar refractivity (Wildman–Crippen MR) is 79.4 cm³/mol. The van der Waals surface area contributed by atoms with Crippen molar-refractivity contribution in [2.75, 3.05) is 26.3 Å². The highest BCUT2D eigenvalue weighted by molar-refractivity contribution is 5.18. The second-order valence-electron chi connectivity index (χ2n) is 5.56. The molecule has 0 amide bonds. The molecule has 108 valence electrons. The van der Waals surface area contributed by atoms with Gasteiger partial charge >= 0.3 is 0 Å². The minimum absolute atomic E-state index is 0.408. The Morgan fingerprint density at radius 3 is 2.37 bits per heavy atom. The molecular formula is C16H27NO2. The van der Waals surface area contributed by atoms with Crippen LogP contribution in [0.15, 0.2) is 30.3 Å². The first-order chi connectivity index (χ1) is 9.09. The van der Waals surface area contributed by atoms with Crippen molar-refractivity contribution in [2.24, 2.45) is 5.92 Å². The number of nitrogens with one attached hydrogen (secondary N) is 1. The molecule has 2 N–H and O–H groups in total. The zero-order chi connectivity index (χ0) is 14.1. The number of hydrogen-bond donors (Lipinski definition) is 2. The summed E-state index contributed by atoms with van der Waals surface area (Å²) in [5.74, 6) is 0.961. The molecule has 0 heterocycles. The van der Waals surface area contributed by atoms with E-state index < -0.39 is 6.10 Å². The minimum Gasteiger partial charge on any atom is -0.389 e. The molecule has 0 spiro atoms. The molecule has 0 saturated heterocycles. The van der Waals surface area contributed by atoms with Crippen LogP contribution >= 0.6 is 0 Å². The average Bonchev–Trinajstić information content (AvgIpc) is 2.39. The standard InChI is InChI=1S/C16H27NO2/c1-13(2)11-19-12-16(18)10-17-9-14(3)15-7-5-4-6-8-15/h4-8,13-14,16-18H,9-12H2,1-3H3. The summed E-state index contributed by atoms with van der Waals surface area (Å²) in [7, 11) is 0. The highest BCUT2D eigenvalue weighted by Gasteiger charge is 2.07. The molecule has 0 aliphatic carbocycles. The summed E-state index contributed by atoms with van der Waals surface area (Å²) in [5.41, 5.74) is 1.32. The van der Waals surface area contributed by atoms with E-state index in [1.165, 1.54) is 5.56 Å². The van der Waals surface area contributed by atoms with Gasteiger partial charge in [0.2, 0.25) is 0 Å². The van der Waals surface area contributed by atoms with Gasteiger partial charge in [-0.2, -0.15) is 0 Å². The second kappa shape index (κ2) is 9.08. The largest absolute Gasteiger partial charge is 0.389 e. The molecule has 3 nitrogen and oxygen atoms in total. The molecule has 0 bridgehead atoms. The van der Waals surface area contributed by atoms with Gasteiger partial charge in [0.15, 0.2) is 0 Å². The van der Waals surface area contributed by atoms with Crippen LogP contribution in [0.1, 0.15) is 32.3 Å². The monoisotopic (exact) mass is 265 g/mol. The third-order valence-electron chi connectivity index (χ3n) is 2.96. The third-order valence-corrected chi connectivity index (χ3v) is 2.96. The van der Waals surface area contributed by atoms with Gasteiger partial charge in [-0.15, -0.1) is 0 Å². The Labute approximate surface area is 117 Å². The molecule has 1 aromatic rings. The van der Waals surface area contributed by atoms with E-state index in [0.29, 0.717) is 31.6 Å². The van der Waals surface area contributed by atoms with E-state index in [4.69, 9.17) is 4.74 Å². The quantitative estimate of drug-likeness (QED) is 0.720. The van der Waals surface area contributed by atoms with Gasteiger partial charge in [0.05, 0.1) is 12.7 Å². The number of rotatable bonds is 9. The first-order valence-electron chi connectivity index (χ1n) is 7.11. The molecular weight excluding hydrogens is 238 g/mol. The van der Waals surface area contributed by atoms with Gasteiger partial charge in [-0.3, -0.25) is 0 Å². The van der Waals surface area contributed by atoms with Gasteiger partial charge in [0.25, 0.3) is 0 Å². The summed E-state index contributed by atoms with van der Waals surface area (Å²) in [6.07, 6.45) is -0.429. The number of ether oxygens (including phenoxy) is 1. The third kappa shape index (κ3) is 7.31. The molecule has 0 radical (unpaired) electrons. The minimum atomic E-state index is -0.429. The molecule has 0 aliphatic heterocycles. The number of aliphatic hydroxyl groups excluding tert-OH is 1. The Morgan fingerprint density at radius 2 is 1.74 bits per heavy atom. The van der Waals surface area contributed by atoms with E-state index >= 15 is 0 Å². The van der Waals surface area contributed by atoms with Gasteiger partial charge in [-0.05, 0) is 17.4 Å². The molecule has 2 atom stereocenters. The summed E-state index contributed by atoms with van der Waals surface area (Å²) in [5, 5.41) is 13.0. The van der Waals surface area contributed by atoms with E-state index in [2.05, 4.69) is 50.4 Å². The lowest BCUT2D eigenvalue weighted by Gasteiger charge is -2.16. The van der Waals surface area contributed by atoms with E-state index in [1.807, 2.05) is 6.07 Å². The first-order valence-corrected chi connectivity index (χ1v) is 7.11. The summed E-state index contributed by atoms with van der Waals surface area (Å²) in [4.78, 5) is 0. The van der Waals surface area contributed by atoms with Crippen LogP contribution < -0.4 is 5.32 Å². The summed E-state index contributed by atoms with van der Waals surface area (Å²) in [6.45, 7) is 8.95. The van der Waals surface area contributed by atoms with E-state index in [1.54, 1.807) is 0 Å². The van der Waals surface area contributed by atoms with Gasteiger partial charge in [0, 0.05) is 19.7 Å². The van der Waals surface area contributed by atoms with Crippen LogP contribution in [-0.4, -0.2) is 37.5 Å². The maximum Gasteiger partial charge on any atom is 0.0897 e. The van der Waals surface area contributed by atoms with Crippen molar-refractivity contribution in [1.82, 2.24) is 5.32 Å². The molecule has 0 fully saturated rings. The molecule has 3 heteroatoms. The van der Waals surface area contributed by atoms with E-state index in [9.17, 15) is 5.11 Å². The fraction of sp³-hybridized carbons (Fsp3) is 0.625. The van der Waals surface area contributed by atoms with Crippen molar-refractivity contribution in [3.8, 4) is 0 Å².